The standard InChI is InChI=1S/C25H25N5O4/c1-4-32-20-11-16(23-18(12-26)24(27)34-25-22(23)15(3)29-30-25)7-10-19(20)33-13-21(31)28-17-8-5-14(2)6-9-17/h5-11,23H,4,13,27H2,1-3H3,(H,28,31)(H,29,30). The van der Waals surface area contributed by atoms with Crippen molar-refractivity contribution in [3.05, 3.63) is 76.3 Å². The SMILES string of the molecule is CCOc1cc(C2C(C#N)=C(N)Oc3n[nH]c(C)c32)ccc1OCC(=O)Nc1ccc(C)cc1. The van der Waals surface area contributed by atoms with Crippen molar-refractivity contribution in [2.24, 2.45) is 5.73 Å². The van der Waals surface area contributed by atoms with E-state index in [0.29, 0.717) is 29.7 Å². The van der Waals surface area contributed by atoms with E-state index in [1.807, 2.05) is 51.1 Å². The predicted octanol–water partition coefficient (Wildman–Crippen LogP) is 3.66. The van der Waals surface area contributed by atoms with E-state index in [1.165, 1.54) is 0 Å². The number of nitrogens with zero attached hydrogens (tertiary/aromatic N) is 2. The van der Waals surface area contributed by atoms with Gasteiger partial charge >= 0.3 is 0 Å². The van der Waals surface area contributed by atoms with E-state index in [0.717, 1.165) is 22.4 Å². The lowest BCUT2D eigenvalue weighted by Gasteiger charge is -2.24. The highest BCUT2D eigenvalue weighted by molar-refractivity contribution is 5.91. The van der Waals surface area contributed by atoms with Gasteiger partial charge in [0, 0.05) is 16.9 Å². The van der Waals surface area contributed by atoms with Gasteiger partial charge < -0.3 is 25.3 Å². The summed E-state index contributed by atoms with van der Waals surface area (Å²) >= 11 is 0. The third-order valence-electron chi connectivity index (χ3n) is 5.42. The summed E-state index contributed by atoms with van der Waals surface area (Å²) in [6, 6.07) is 15.0. The number of carbonyl (C=O) groups is 1. The number of nitrogens with two attached hydrogens (primary N) is 1. The fourth-order valence-electron chi connectivity index (χ4n) is 3.80. The molecule has 4 rings (SSSR count). The van der Waals surface area contributed by atoms with Crippen molar-refractivity contribution in [3.8, 4) is 23.4 Å². The van der Waals surface area contributed by atoms with E-state index < -0.39 is 5.92 Å². The summed E-state index contributed by atoms with van der Waals surface area (Å²) in [6.45, 7) is 5.89. The first-order valence-electron chi connectivity index (χ1n) is 10.8. The van der Waals surface area contributed by atoms with Crippen LogP contribution in [-0.4, -0.2) is 29.3 Å². The minimum absolute atomic E-state index is 0.0116. The number of hydrogen-bond acceptors (Lipinski definition) is 7. The van der Waals surface area contributed by atoms with Crippen molar-refractivity contribution in [3.63, 3.8) is 0 Å². The highest BCUT2D eigenvalue weighted by Crippen LogP contribution is 2.44. The number of rotatable bonds is 7. The number of aromatic nitrogens is 2. The Morgan fingerprint density at radius 1 is 1.21 bits per heavy atom. The smallest absolute Gasteiger partial charge is 0.262 e. The van der Waals surface area contributed by atoms with E-state index >= 15 is 0 Å². The molecule has 9 nitrogen and oxygen atoms in total. The lowest BCUT2D eigenvalue weighted by molar-refractivity contribution is -0.118. The minimum Gasteiger partial charge on any atom is -0.490 e. The zero-order chi connectivity index (χ0) is 24.2. The molecule has 9 heteroatoms. The molecule has 0 aliphatic carbocycles. The lowest BCUT2D eigenvalue weighted by Crippen LogP contribution is -2.21. The highest BCUT2D eigenvalue weighted by Gasteiger charge is 2.34. The van der Waals surface area contributed by atoms with Crippen LogP contribution in [0.1, 0.15) is 35.2 Å². The van der Waals surface area contributed by atoms with E-state index in [9.17, 15) is 10.1 Å². The number of carbonyl (C=O) groups excluding carboxylic acids is 1. The average molecular weight is 460 g/mol. The van der Waals surface area contributed by atoms with Crippen molar-refractivity contribution < 1.29 is 19.0 Å². The Bertz CT molecular complexity index is 1290. The van der Waals surface area contributed by atoms with Crippen molar-refractivity contribution in [2.75, 3.05) is 18.5 Å². The van der Waals surface area contributed by atoms with Gasteiger partial charge in [-0.1, -0.05) is 23.8 Å². The monoisotopic (exact) mass is 459 g/mol. The Kier molecular flexibility index (Phi) is 6.41. The molecule has 0 saturated carbocycles. The van der Waals surface area contributed by atoms with Crippen LogP contribution in [0.4, 0.5) is 5.69 Å². The Balaban J connectivity index is 1.58. The molecule has 2 aromatic carbocycles. The van der Waals surface area contributed by atoms with Crippen LogP contribution < -0.4 is 25.3 Å². The Labute approximate surface area is 197 Å². The number of fused-ring (bicyclic) bond motifs is 1. The van der Waals surface area contributed by atoms with Crippen molar-refractivity contribution >= 4 is 11.6 Å². The highest BCUT2D eigenvalue weighted by atomic mass is 16.5. The Morgan fingerprint density at radius 2 is 1.97 bits per heavy atom. The fraction of sp³-hybridized carbons (Fsp3) is 0.240. The molecule has 0 radical (unpaired) electrons. The summed E-state index contributed by atoms with van der Waals surface area (Å²) in [6.07, 6.45) is 0. The maximum Gasteiger partial charge on any atom is 0.262 e. The van der Waals surface area contributed by atoms with Gasteiger partial charge in [-0.15, -0.1) is 5.10 Å². The van der Waals surface area contributed by atoms with Crippen LogP contribution in [0, 0.1) is 25.2 Å². The van der Waals surface area contributed by atoms with E-state index in [1.54, 1.807) is 12.1 Å². The van der Waals surface area contributed by atoms with Crippen LogP contribution >= 0.6 is 0 Å². The number of nitrogens with one attached hydrogen (secondary N) is 2. The molecule has 1 aromatic heterocycles. The molecule has 174 valence electrons. The van der Waals surface area contributed by atoms with Crippen LogP contribution in [0.3, 0.4) is 0 Å². The summed E-state index contributed by atoms with van der Waals surface area (Å²) in [5.41, 5.74) is 10.3. The van der Waals surface area contributed by atoms with Gasteiger partial charge in [0.05, 0.1) is 12.5 Å². The number of benzene rings is 2. The summed E-state index contributed by atoms with van der Waals surface area (Å²) in [7, 11) is 0. The first-order chi connectivity index (χ1) is 16.4. The third-order valence-corrected chi connectivity index (χ3v) is 5.42. The van der Waals surface area contributed by atoms with E-state index in [4.69, 9.17) is 19.9 Å². The molecule has 34 heavy (non-hydrogen) atoms. The lowest BCUT2D eigenvalue weighted by atomic mass is 9.84. The quantitative estimate of drug-likeness (QED) is 0.491. The molecule has 1 unspecified atom stereocenters. The van der Waals surface area contributed by atoms with Gasteiger partial charge in [0.25, 0.3) is 5.91 Å². The third kappa shape index (κ3) is 4.52. The van der Waals surface area contributed by atoms with Gasteiger partial charge in [-0.25, -0.2) is 0 Å². The number of H-pyrrole nitrogens is 1. The number of aromatic amines is 1. The number of nitriles is 1. The van der Waals surface area contributed by atoms with E-state index in [-0.39, 0.29) is 24.0 Å². The molecule has 1 aliphatic heterocycles. The first kappa shape index (κ1) is 22.7. The van der Waals surface area contributed by atoms with Gasteiger partial charge in [0.15, 0.2) is 18.1 Å². The normalized spacial score (nSPS) is 14.6. The second kappa shape index (κ2) is 9.58. The molecular weight excluding hydrogens is 434 g/mol. The van der Waals surface area contributed by atoms with Gasteiger partial charge in [0.2, 0.25) is 11.8 Å². The van der Waals surface area contributed by atoms with E-state index in [2.05, 4.69) is 21.6 Å². The van der Waals surface area contributed by atoms with Crippen LogP contribution in [0.15, 0.2) is 53.9 Å². The van der Waals surface area contributed by atoms with Crippen LogP contribution in [0.2, 0.25) is 0 Å². The van der Waals surface area contributed by atoms with Gasteiger partial charge in [-0.3, -0.25) is 9.89 Å². The average Bonchev–Trinajstić information content (AvgIpc) is 3.19. The number of allylic oxidation sites excluding steroid dienone is 1. The number of hydrogen-bond donors (Lipinski definition) is 3. The minimum atomic E-state index is -0.481. The maximum absolute atomic E-state index is 12.4. The maximum atomic E-state index is 12.4. The molecule has 4 N–H and O–H groups in total. The predicted molar refractivity (Wildman–Crippen MR) is 126 cm³/mol. The molecule has 1 amide bonds. The summed E-state index contributed by atoms with van der Waals surface area (Å²) in [5, 5.41) is 19.6. The number of anilines is 1. The first-order valence-corrected chi connectivity index (χ1v) is 10.8. The molecule has 3 aromatic rings. The zero-order valence-corrected chi connectivity index (χ0v) is 19.1. The summed E-state index contributed by atoms with van der Waals surface area (Å²) in [4.78, 5) is 12.4. The Hall–Kier alpha value is -4.45. The van der Waals surface area contributed by atoms with Crippen LogP contribution in [0.5, 0.6) is 17.4 Å². The largest absolute Gasteiger partial charge is 0.490 e. The van der Waals surface area contributed by atoms with Gasteiger partial charge in [0.1, 0.15) is 11.6 Å². The van der Waals surface area contributed by atoms with Crippen molar-refractivity contribution in [2.45, 2.75) is 26.7 Å². The van der Waals surface area contributed by atoms with Crippen LogP contribution in [0.25, 0.3) is 0 Å². The molecule has 1 aliphatic rings. The number of amides is 1. The molecule has 0 bridgehead atoms. The zero-order valence-electron chi connectivity index (χ0n) is 19.1. The van der Waals surface area contributed by atoms with Crippen LogP contribution in [-0.2, 0) is 4.79 Å². The van der Waals surface area contributed by atoms with Crippen molar-refractivity contribution in [1.82, 2.24) is 10.2 Å². The molecule has 0 spiro atoms. The van der Waals surface area contributed by atoms with Gasteiger partial charge in [-0.2, -0.15) is 5.26 Å². The Morgan fingerprint density at radius 3 is 2.68 bits per heavy atom. The van der Waals surface area contributed by atoms with Crippen molar-refractivity contribution in [1.29, 1.82) is 5.26 Å². The molecular formula is C25H25N5O4. The topological polar surface area (TPSA) is 135 Å². The summed E-state index contributed by atoms with van der Waals surface area (Å²) < 4.78 is 17.1. The summed E-state index contributed by atoms with van der Waals surface area (Å²) in [5.74, 6) is 0.443. The fourth-order valence-corrected chi connectivity index (χ4v) is 3.80. The van der Waals surface area contributed by atoms with Gasteiger partial charge in [-0.05, 0) is 50.6 Å². The second-order valence-electron chi connectivity index (χ2n) is 7.83. The number of aryl methyl sites for hydroxylation is 2. The number of ether oxygens (including phenoxy) is 3. The molecule has 2 heterocycles. The molecule has 0 saturated heterocycles. The molecule has 0 fully saturated rings. The molecule has 1 atom stereocenters. The second-order valence-corrected chi connectivity index (χ2v) is 7.83.